The lowest BCUT2D eigenvalue weighted by Gasteiger charge is -2.31. The third-order valence-corrected chi connectivity index (χ3v) is 7.28. The quantitative estimate of drug-likeness (QED) is 0.164. The van der Waals surface area contributed by atoms with Gasteiger partial charge in [0, 0.05) is 34.3 Å². The van der Waals surface area contributed by atoms with Crippen molar-refractivity contribution in [1.29, 1.82) is 0 Å². The number of non-ortho nitro benzene ring substituents is 1. The molecule has 0 spiro atoms. The Balaban J connectivity index is 1.60. The van der Waals surface area contributed by atoms with Crippen LogP contribution in [0.1, 0.15) is 28.5 Å². The molecule has 222 valence electrons. The van der Waals surface area contributed by atoms with Crippen LogP contribution in [0.3, 0.4) is 0 Å². The first kappa shape index (κ1) is 29.3. The molecule has 4 aromatic rings. The smallest absolute Gasteiger partial charge is 0.424 e. The van der Waals surface area contributed by atoms with Gasteiger partial charge >= 0.3 is 6.18 Å². The molecule has 0 aliphatic carbocycles. The van der Waals surface area contributed by atoms with Crippen LogP contribution in [-0.4, -0.2) is 51.1 Å². The molecule has 11 nitrogen and oxygen atoms in total. The van der Waals surface area contributed by atoms with Crippen LogP contribution in [0.4, 0.5) is 23.2 Å². The number of carbonyl (C=O) groups is 2. The van der Waals surface area contributed by atoms with Crippen LogP contribution in [-0.2, 0) is 15.8 Å². The van der Waals surface area contributed by atoms with Gasteiger partial charge in [-0.15, -0.1) is 0 Å². The fourth-order valence-electron chi connectivity index (χ4n) is 4.69. The summed E-state index contributed by atoms with van der Waals surface area (Å²) in [5.74, 6) is -2.81. The third-order valence-electron chi connectivity index (χ3n) is 7.28. The fourth-order valence-corrected chi connectivity index (χ4v) is 4.69. The first-order chi connectivity index (χ1) is 20.2. The van der Waals surface area contributed by atoms with E-state index in [-0.39, 0.29) is 45.6 Å². The van der Waals surface area contributed by atoms with Crippen molar-refractivity contribution in [2.75, 3.05) is 13.2 Å². The fraction of sp³-hybridized carbons (Fsp3) is 0.214. The van der Waals surface area contributed by atoms with Crippen molar-refractivity contribution in [1.82, 2.24) is 15.3 Å². The molecular formula is C28H21F4N5O6. The van der Waals surface area contributed by atoms with Crippen LogP contribution in [0.2, 0.25) is 0 Å². The van der Waals surface area contributed by atoms with Gasteiger partial charge in [0.2, 0.25) is 11.5 Å². The van der Waals surface area contributed by atoms with E-state index in [0.717, 1.165) is 24.3 Å². The number of carbonyl (C=O) groups excluding carboxylic acids is 2. The Hall–Kier alpha value is -5.18. The Bertz CT molecular complexity index is 1800. The lowest BCUT2D eigenvalue weighted by molar-refractivity contribution is -0.383. The van der Waals surface area contributed by atoms with E-state index in [1.54, 1.807) is 0 Å². The predicted molar refractivity (Wildman–Crippen MR) is 142 cm³/mol. The average Bonchev–Trinajstić information content (AvgIpc) is 3.32. The Morgan fingerprint density at radius 1 is 1.19 bits per heavy atom. The number of nitrogens with one attached hydrogen (secondary N) is 1. The number of aromatic nitrogens is 2. The summed E-state index contributed by atoms with van der Waals surface area (Å²) in [5.41, 5.74) is -2.08. The molecule has 4 N–H and O–H groups in total. The highest BCUT2D eigenvalue weighted by Gasteiger charge is 2.57. The average molecular weight is 599 g/mol. The van der Waals surface area contributed by atoms with Crippen LogP contribution in [0, 0.1) is 15.9 Å². The number of pyridine rings is 2. The molecule has 15 heteroatoms. The molecule has 1 aliphatic rings. The zero-order chi connectivity index (χ0) is 31.3. The molecule has 0 fully saturated rings. The molecule has 0 radical (unpaired) electrons. The summed E-state index contributed by atoms with van der Waals surface area (Å²) in [6.45, 7) is -0.472. The largest absolute Gasteiger partial charge is 0.489 e. The summed E-state index contributed by atoms with van der Waals surface area (Å²) in [4.78, 5) is 44.1. The first-order valence-corrected chi connectivity index (χ1v) is 12.5. The SMILES string of the molecule is C[C@]1(C(N)=O)COc2c1cc([C@@](O)(CNC(=O)c1cc([N+](=O)[O-])c3ncccc3c1)C(F)(F)F)nc2-c1ccc(F)cc1. The van der Waals surface area contributed by atoms with E-state index in [1.165, 1.54) is 43.5 Å². The van der Waals surface area contributed by atoms with E-state index in [4.69, 9.17) is 10.5 Å². The molecule has 2 aromatic heterocycles. The summed E-state index contributed by atoms with van der Waals surface area (Å²) in [5, 5.41) is 24.9. The summed E-state index contributed by atoms with van der Waals surface area (Å²) in [6, 6.07) is 10.3. The number of amides is 2. The van der Waals surface area contributed by atoms with Crippen LogP contribution in [0.5, 0.6) is 5.75 Å². The molecule has 0 saturated carbocycles. The van der Waals surface area contributed by atoms with Gasteiger partial charge in [0.05, 0.1) is 17.2 Å². The Morgan fingerprint density at radius 3 is 2.51 bits per heavy atom. The number of benzene rings is 2. The van der Waals surface area contributed by atoms with E-state index in [2.05, 4.69) is 9.97 Å². The Morgan fingerprint density at radius 2 is 1.88 bits per heavy atom. The molecule has 0 unspecified atom stereocenters. The van der Waals surface area contributed by atoms with Crippen molar-refractivity contribution in [2.45, 2.75) is 24.1 Å². The second kappa shape index (κ2) is 10.3. The Kier molecular flexibility index (Phi) is 7.00. The minimum absolute atomic E-state index is 0.0359. The van der Waals surface area contributed by atoms with E-state index < -0.39 is 57.7 Å². The summed E-state index contributed by atoms with van der Waals surface area (Å²) >= 11 is 0. The number of fused-ring (bicyclic) bond motifs is 2. The maximum Gasteiger partial charge on any atom is 0.424 e. The van der Waals surface area contributed by atoms with Crippen molar-refractivity contribution in [3.8, 4) is 17.0 Å². The molecular weight excluding hydrogens is 578 g/mol. The van der Waals surface area contributed by atoms with Gasteiger partial charge in [-0.1, -0.05) is 6.07 Å². The van der Waals surface area contributed by atoms with Gasteiger partial charge in [0.15, 0.2) is 0 Å². The number of hydrogen-bond donors (Lipinski definition) is 3. The van der Waals surface area contributed by atoms with E-state index in [0.29, 0.717) is 0 Å². The van der Waals surface area contributed by atoms with Gasteiger partial charge < -0.3 is 20.9 Å². The molecule has 5 rings (SSSR count). The number of rotatable bonds is 7. The summed E-state index contributed by atoms with van der Waals surface area (Å²) < 4.78 is 63.0. The summed E-state index contributed by atoms with van der Waals surface area (Å²) in [6.07, 6.45) is -4.14. The number of nitrogens with zero attached hydrogens (tertiary/aromatic N) is 3. The highest BCUT2D eigenvalue weighted by atomic mass is 19.4. The minimum Gasteiger partial charge on any atom is -0.489 e. The van der Waals surface area contributed by atoms with E-state index >= 15 is 0 Å². The lowest BCUT2D eigenvalue weighted by atomic mass is 9.81. The topological polar surface area (TPSA) is 171 Å². The molecule has 2 amide bonds. The lowest BCUT2D eigenvalue weighted by Crippen LogP contribution is -2.51. The maximum absolute atomic E-state index is 14.6. The van der Waals surface area contributed by atoms with Crippen molar-refractivity contribution in [2.24, 2.45) is 5.73 Å². The number of nitrogens with two attached hydrogens (primary N) is 1. The van der Waals surface area contributed by atoms with Crippen molar-refractivity contribution in [3.05, 3.63) is 93.5 Å². The number of alkyl halides is 3. The maximum atomic E-state index is 14.6. The van der Waals surface area contributed by atoms with Gasteiger partial charge in [-0.3, -0.25) is 19.7 Å². The van der Waals surface area contributed by atoms with Gasteiger partial charge in [-0.25, -0.2) is 14.4 Å². The van der Waals surface area contributed by atoms with Gasteiger partial charge in [0.1, 0.15) is 34.8 Å². The van der Waals surface area contributed by atoms with Crippen LogP contribution >= 0.6 is 0 Å². The number of halogens is 4. The number of aliphatic hydroxyl groups is 1. The predicted octanol–water partition coefficient (Wildman–Crippen LogP) is 3.66. The van der Waals surface area contributed by atoms with Crippen LogP contribution < -0.4 is 15.8 Å². The molecule has 2 aromatic carbocycles. The van der Waals surface area contributed by atoms with E-state index in [1.807, 2.05) is 5.32 Å². The summed E-state index contributed by atoms with van der Waals surface area (Å²) in [7, 11) is 0. The third kappa shape index (κ3) is 4.97. The Labute approximate surface area is 239 Å². The molecule has 0 saturated heterocycles. The van der Waals surface area contributed by atoms with Gasteiger partial charge in [0.25, 0.3) is 11.6 Å². The van der Waals surface area contributed by atoms with Crippen molar-refractivity contribution in [3.63, 3.8) is 0 Å². The highest BCUT2D eigenvalue weighted by Crippen LogP contribution is 2.47. The molecule has 43 heavy (non-hydrogen) atoms. The van der Waals surface area contributed by atoms with Crippen molar-refractivity contribution < 1.29 is 41.9 Å². The highest BCUT2D eigenvalue weighted by molar-refractivity contribution is 6.01. The number of ether oxygens (including phenoxy) is 1. The number of nitro groups is 1. The number of nitro benzene ring substituents is 1. The zero-order valence-electron chi connectivity index (χ0n) is 22.1. The number of hydrogen-bond acceptors (Lipinski definition) is 8. The second-order valence-electron chi connectivity index (χ2n) is 10.1. The normalized spacial score (nSPS) is 17.5. The van der Waals surface area contributed by atoms with Gasteiger partial charge in [-0.05, 0) is 49.4 Å². The first-order valence-electron chi connectivity index (χ1n) is 12.5. The number of primary amides is 1. The standard InChI is InChI=1S/C28H21F4N5O6/c1-26(25(33)39)13-43-23-18(26)11-20(36-22(23)14-4-6-17(29)7-5-14)27(40,28(30,31)32)12-35-24(38)16-9-15-3-2-8-34-21(15)19(10-16)37(41)42/h2-11,40H,12-13H2,1H3,(H2,33,39)(H,35,38)/t26-,27-/m0/s1. The van der Waals surface area contributed by atoms with Crippen LogP contribution in [0.25, 0.3) is 22.2 Å². The minimum atomic E-state index is -5.44. The second-order valence-corrected chi connectivity index (χ2v) is 10.1. The van der Waals surface area contributed by atoms with Crippen molar-refractivity contribution >= 4 is 28.4 Å². The molecule has 2 atom stereocenters. The van der Waals surface area contributed by atoms with Crippen LogP contribution in [0.15, 0.2) is 60.8 Å². The zero-order valence-corrected chi connectivity index (χ0v) is 22.1. The molecule has 0 bridgehead atoms. The molecule has 1 aliphatic heterocycles. The van der Waals surface area contributed by atoms with E-state index in [9.17, 15) is 42.4 Å². The monoisotopic (exact) mass is 599 g/mol. The molecule has 3 heterocycles. The van der Waals surface area contributed by atoms with Gasteiger partial charge in [-0.2, -0.15) is 13.2 Å².